The monoisotopic (exact) mass is 375 g/mol. The van der Waals surface area contributed by atoms with Crippen LogP contribution in [0.15, 0.2) is 24.4 Å². The first-order chi connectivity index (χ1) is 12.2. The highest BCUT2D eigenvalue weighted by Crippen LogP contribution is 2.24. The fraction of sp³-hybridized carbons (Fsp3) is 0.500. The number of carbonyl (C=O) groups is 2. The molecule has 0 spiro atoms. The maximum absolute atomic E-state index is 12.9. The summed E-state index contributed by atoms with van der Waals surface area (Å²) in [4.78, 5) is 29.9. The van der Waals surface area contributed by atoms with E-state index in [1.165, 1.54) is 0 Å². The van der Waals surface area contributed by atoms with Gasteiger partial charge in [0, 0.05) is 47.7 Å². The zero-order valence-corrected chi connectivity index (χ0v) is 16.3. The van der Waals surface area contributed by atoms with Crippen LogP contribution in [0, 0.1) is 5.41 Å². The lowest BCUT2D eigenvalue weighted by atomic mass is 9.91. The minimum absolute atomic E-state index is 0.0149. The summed E-state index contributed by atoms with van der Waals surface area (Å²) in [5.74, 6) is 0.119. The number of piperidine rings is 1. The summed E-state index contributed by atoms with van der Waals surface area (Å²) in [6.07, 6.45) is 3.84. The standard InChI is InChI=1S/C20H26ClN3O2/c1-20(2,3)11-18(25)23-14-6-8-24(9-7-14)19(26)16-12-22-17-10-13(21)4-5-15(16)17/h4-5,10,12,14,22H,6-9,11H2,1-3H3,(H,23,25). The van der Waals surface area contributed by atoms with E-state index in [0.717, 1.165) is 23.7 Å². The fourth-order valence-electron chi connectivity index (χ4n) is 3.43. The number of nitrogens with zero attached hydrogens (tertiary/aromatic N) is 1. The van der Waals surface area contributed by atoms with Gasteiger partial charge in [0.1, 0.15) is 0 Å². The average Bonchev–Trinajstić information content (AvgIpc) is 2.96. The number of aromatic amines is 1. The number of carbonyl (C=O) groups excluding carboxylic acids is 2. The molecule has 0 unspecified atom stereocenters. The summed E-state index contributed by atoms with van der Waals surface area (Å²) in [6, 6.07) is 5.65. The Morgan fingerprint density at radius 1 is 1.27 bits per heavy atom. The first-order valence-electron chi connectivity index (χ1n) is 9.08. The summed E-state index contributed by atoms with van der Waals surface area (Å²) >= 11 is 6.00. The molecule has 1 aliphatic rings. The molecule has 5 nitrogen and oxygen atoms in total. The minimum atomic E-state index is -0.0149. The lowest BCUT2D eigenvalue weighted by Gasteiger charge is -2.33. The van der Waals surface area contributed by atoms with E-state index in [9.17, 15) is 9.59 Å². The molecule has 0 aliphatic carbocycles. The van der Waals surface area contributed by atoms with Crippen LogP contribution in [-0.2, 0) is 4.79 Å². The predicted molar refractivity (Wildman–Crippen MR) is 104 cm³/mol. The van der Waals surface area contributed by atoms with Crippen molar-refractivity contribution in [3.63, 3.8) is 0 Å². The van der Waals surface area contributed by atoms with Crippen LogP contribution in [0.3, 0.4) is 0 Å². The Kier molecular flexibility index (Phi) is 5.28. The molecule has 140 valence electrons. The molecule has 2 N–H and O–H groups in total. The van der Waals surface area contributed by atoms with Crippen molar-refractivity contribution in [2.24, 2.45) is 5.41 Å². The number of fused-ring (bicyclic) bond motifs is 1. The van der Waals surface area contributed by atoms with Crippen molar-refractivity contribution in [3.8, 4) is 0 Å². The predicted octanol–water partition coefficient (Wildman–Crippen LogP) is 3.98. The summed E-state index contributed by atoms with van der Waals surface area (Å²) in [7, 11) is 0. The van der Waals surface area contributed by atoms with Gasteiger partial charge >= 0.3 is 0 Å². The summed E-state index contributed by atoms with van der Waals surface area (Å²) in [5, 5.41) is 4.64. The van der Waals surface area contributed by atoms with Crippen molar-refractivity contribution in [3.05, 3.63) is 35.0 Å². The van der Waals surface area contributed by atoms with Crippen LogP contribution in [0.2, 0.25) is 5.02 Å². The molecular formula is C20H26ClN3O2. The molecule has 2 aromatic rings. The number of amides is 2. The molecule has 26 heavy (non-hydrogen) atoms. The van der Waals surface area contributed by atoms with E-state index in [2.05, 4.69) is 31.1 Å². The van der Waals surface area contributed by atoms with Crippen LogP contribution in [0.5, 0.6) is 0 Å². The molecule has 2 heterocycles. The number of aromatic nitrogens is 1. The van der Waals surface area contributed by atoms with Gasteiger partial charge in [-0.25, -0.2) is 0 Å². The molecule has 0 radical (unpaired) electrons. The average molecular weight is 376 g/mol. The van der Waals surface area contributed by atoms with Crippen molar-refractivity contribution in [2.45, 2.75) is 46.1 Å². The lowest BCUT2D eigenvalue weighted by Crippen LogP contribution is -2.47. The maximum atomic E-state index is 12.9. The Balaban J connectivity index is 1.59. The van der Waals surface area contributed by atoms with Gasteiger partial charge in [0.2, 0.25) is 5.91 Å². The Labute approximate surface area is 159 Å². The smallest absolute Gasteiger partial charge is 0.256 e. The number of nitrogens with one attached hydrogen (secondary N) is 2. The first kappa shape index (κ1) is 18.8. The van der Waals surface area contributed by atoms with Gasteiger partial charge < -0.3 is 15.2 Å². The van der Waals surface area contributed by atoms with Gasteiger partial charge in [-0.2, -0.15) is 0 Å². The molecule has 0 bridgehead atoms. The zero-order chi connectivity index (χ0) is 18.9. The van der Waals surface area contributed by atoms with Crippen LogP contribution in [-0.4, -0.2) is 40.8 Å². The molecule has 6 heteroatoms. The molecule has 2 amide bonds. The van der Waals surface area contributed by atoms with Gasteiger partial charge in [-0.05, 0) is 30.4 Å². The SMILES string of the molecule is CC(C)(C)CC(=O)NC1CCN(C(=O)c2c[nH]c3cc(Cl)ccc23)CC1. The fourth-order valence-corrected chi connectivity index (χ4v) is 3.61. The molecule has 1 saturated heterocycles. The number of H-pyrrole nitrogens is 1. The summed E-state index contributed by atoms with van der Waals surface area (Å²) < 4.78 is 0. The Morgan fingerprint density at radius 3 is 2.62 bits per heavy atom. The zero-order valence-electron chi connectivity index (χ0n) is 15.6. The van der Waals surface area contributed by atoms with Gasteiger partial charge in [-0.1, -0.05) is 38.4 Å². The third-order valence-corrected chi connectivity index (χ3v) is 4.95. The normalized spacial score (nSPS) is 16.1. The second-order valence-corrected chi connectivity index (χ2v) is 8.70. The Morgan fingerprint density at radius 2 is 1.96 bits per heavy atom. The quantitative estimate of drug-likeness (QED) is 0.852. The highest BCUT2D eigenvalue weighted by Gasteiger charge is 2.27. The molecule has 1 aromatic heterocycles. The van der Waals surface area contributed by atoms with Gasteiger partial charge in [0.15, 0.2) is 0 Å². The lowest BCUT2D eigenvalue weighted by molar-refractivity contribution is -0.123. The number of rotatable bonds is 3. The first-order valence-corrected chi connectivity index (χ1v) is 9.46. The van der Waals surface area contributed by atoms with Gasteiger partial charge in [-0.15, -0.1) is 0 Å². The number of benzene rings is 1. The van der Waals surface area contributed by atoms with E-state index in [1.54, 1.807) is 12.3 Å². The number of likely N-dealkylation sites (tertiary alicyclic amines) is 1. The number of hydrogen-bond donors (Lipinski definition) is 2. The third kappa shape index (κ3) is 4.39. The van der Waals surface area contributed by atoms with E-state index >= 15 is 0 Å². The Bertz CT molecular complexity index is 814. The summed E-state index contributed by atoms with van der Waals surface area (Å²) in [6.45, 7) is 7.48. The topological polar surface area (TPSA) is 65.2 Å². The van der Waals surface area contributed by atoms with Crippen molar-refractivity contribution < 1.29 is 9.59 Å². The van der Waals surface area contributed by atoms with Gasteiger partial charge in [0.05, 0.1) is 5.56 Å². The van der Waals surface area contributed by atoms with Crippen molar-refractivity contribution in [1.82, 2.24) is 15.2 Å². The van der Waals surface area contributed by atoms with Crippen molar-refractivity contribution in [1.29, 1.82) is 0 Å². The van der Waals surface area contributed by atoms with E-state index in [0.29, 0.717) is 30.1 Å². The molecule has 3 rings (SSSR count). The van der Waals surface area contributed by atoms with Gasteiger partial charge in [-0.3, -0.25) is 9.59 Å². The van der Waals surface area contributed by atoms with Crippen LogP contribution in [0.1, 0.15) is 50.4 Å². The van der Waals surface area contributed by atoms with Crippen molar-refractivity contribution >= 4 is 34.3 Å². The van der Waals surface area contributed by atoms with E-state index < -0.39 is 0 Å². The highest BCUT2D eigenvalue weighted by molar-refractivity contribution is 6.31. The largest absolute Gasteiger partial charge is 0.360 e. The molecule has 0 saturated carbocycles. The molecular weight excluding hydrogens is 350 g/mol. The van der Waals surface area contributed by atoms with Crippen LogP contribution in [0.25, 0.3) is 10.9 Å². The molecule has 1 aromatic carbocycles. The van der Waals surface area contributed by atoms with Crippen LogP contribution >= 0.6 is 11.6 Å². The van der Waals surface area contributed by atoms with Crippen LogP contribution in [0.4, 0.5) is 0 Å². The van der Waals surface area contributed by atoms with Gasteiger partial charge in [0.25, 0.3) is 5.91 Å². The second-order valence-electron chi connectivity index (χ2n) is 8.26. The minimum Gasteiger partial charge on any atom is -0.360 e. The van der Waals surface area contributed by atoms with Crippen molar-refractivity contribution in [2.75, 3.05) is 13.1 Å². The Hall–Kier alpha value is -2.01. The van der Waals surface area contributed by atoms with E-state index in [4.69, 9.17) is 11.6 Å². The second kappa shape index (κ2) is 7.31. The number of halogens is 1. The highest BCUT2D eigenvalue weighted by atomic mass is 35.5. The number of hydrogen-bond acceptors (Lipinski definition) is 2. The maximum Gasteiger partial charge on any atom is 0.256 e. The third-order valence-electron chi connectivity index (χ3n) is 4.71. The molecule has 1 aliphatic heterocycles. The van der Waals surface area contributed by atoms with Crippen LogP contribution < -0.4 is 5.32 Å². The molecule has 1 fully saturated rings. The summed E-state index contributed by atoms with van der Waals surface area (Å²) in [5.41, 5.74) is 1.52. The van der Waals surface area contributed by atoms with E-state index in [1.807, 2.05) is 17.0 Å². The molecule has 0 atom stereocenters. The van der Waals surface area contributed by atoms with E-state index in [-0.39, 0.29) is 23.3 Å².